The fourth-order valence-corrected chi connectivity index (χ4v) is 3.40. The molecule has 1 heterocycles. The van der Waals surface area contributed by atoms with E-state index in [-0.39, 0.29) is 17.5 Å². The first-order chi connectivity index (χ1) is 13.5. The van der Waals surface area contributed by atoms with Gasteiger partial charge in [-0.2, -0.15) is 5.10 Å². The lowest BCUT2D eigenvalue weighted by atomic mass is 10.2. The predicted octanol–water partition coefficient (Wildman–Crippen LogP) is 3.05. The molecule has 0 saturated carbocycles. The molecular weight excluding hydrogens is 382 g/mol. The monoisotopic (exact) mass is 407 g/mol. The second kappa shape index (κ2) is 11.3. The van der Waals surface area contributed by atoms with E-state index in [1.807, 2.05) is 12.1 Å². The lowest BCUT2D eigenvalue weighted by molar-refractivity contribution is -0.138. The van der Waals surface area contributed by atoms with Gasteiger partial charge in [0.2, 0.25) is 5.91 Å². The summed E-state index contributed by atoms with van der Waals surface area (Å²) in [5, 5.41) is 18.8. The Bertz CT molecular complexity index is 751. The number of amidine groups is 1. The second-order valence-electron chi connectivity index (χ2n) is 6.16. The van der Waals surface area contributed by atoms with E-state index >= 15 is 0 Å². The average Bonchev–Trinajstić information content (AvgIpc) is 3.01. The van der Waals surface area contributed by atoms with Crippen LogP contribution in [0.1, 0.15) is 44.6 Å². The average molecular weight is 407 g/mol. The Balaban J connectivity index is 1.93. The standard InChI is InChI=1S/C19H25N3O5S/c1-3-4-5-6-9-27-14-8-7-13(10-15(14)26-2)12-20-22-19-21-18(25)16(28-19)11-17(23)24/h7-8,10,12,16H,3-6,9,11H2,1-2H3,(H,23,24)(H,21,22,25). The van der Waals surface area contributed by atoms with Crippen LogP contribution >= 0.6 is 11.8 Å². The maximum atomic E-state index is 11.7. The number of carbonyl (C=O) groups excluding carboxylic acids is 1. The first-order valence-corrected chi connectivity index (χ1v) is 10.0. The molecule has 0 spiro atoms. The SMILES string of the molecule is CCCCCCOc1ccc(C=NN=C2NC(=O)C(CC(=O)O)S2)cc1OC. The third kappa shape index (κ3) is 6.88. The Hall–Kier alpha value is -2.55. The zero-order valence-electron chi connectivity index (χ0n) is 16.0. The summed E-state index contributed by atoms with van der Waals surface area (Å²) in [6.45, 7) is 2.81. The molecule has 0 aliphatic carbocycles. The van der Waals surface area contributed by atoms with E-state index in [1.165, 1.54) is 19.1 Å². The number of hydrogen-bond acceptors (Lipinski definition) is 7. The van der Waals surface area contributed by atoms with Crippen molar-refractivity contribution in [2.24, 2.45) is 10.2 Å². The second-order valence-corrected chi connectivity index (χ2v) is 7.35. The summed E-state index contributed by atoms with van der Waals surface area (Å²) >= 11 is 1.06. The van der Waals surface area contributed by atoms with Gasteiger partial charge in [0.25, 0.3) is 0 Å². The minimum atomic E-state index is -1.03. The van der Waals surface area contributed by atoms with Crippen molar-refractivity contribution < 1.29 is 24.2 Å². The maximum Gasteiger partial charge on any atom is 0.305 e. The molecule has 2 rings (SSSR count). The number of benzene rings is 1. The van der Waals surface area contributed by atoms with Crippen molar-refractivity contribution in [2.45, 2.75) is 44.3 Å². The number of hydrogen-bond donors (Lipinski definition) is 2. The molecule has 0 radical (unpaired) electrons. The number of carbonyl (C=O) groups is 2. The molecule has 0 aromatic heterocycles. The number of ether oxygens (including phenoxy) is 2. The van der Waals surface area contributed by atoms with E-state index in [1.54, 1.807) is 13.2 Å². The predicted molar refractivity (Wildman–Crippen MR) is 109 cm³/mol. The van der Waals surface area contributed by atoms with Crippen LogP contribution in [0.5, 0.6) is 11.5 Å². The highest BCUT2D eigenvalue weighted by Gasteiger charge is 2.32. The Labute approximate surface area is 168 Å². The van der Waals surface area contributed by atoms with Gasteiger partial charge in [-0.05, 0) is 30.2 Å². The highest BCUT2D eigenvalue weighted by atomic mass is 32.2. The first-order valence-electron chi connectivity index (χ1n) is 9.14. The smallest absolute Gasteiger partial charge is 0.305 e. The van der Waals surface area contributed by atoms with Gasteiger partial charge < -0.3 is 19.9 Å². The molecular formula is C19H25N3O5S. The van der Waals surface area contributed by atoms with Crippen molar-refractivity contribution >= 4 is 35.0 Å². The minimum Gasteiger partial charge on any atom is -0.493 e. The van der Waals surface area contributed by atoms with Gasteiger partial charge in [-0.15, -0.1) is 5.10 Å². The van der Waals surface area contributed by atoms with Crippen molar-refractivity contribution in [3.8, 4) is 11.5 Å². The molecule has 152 valence electrons. The van der Waals surface area contributed by atoms with Crippen LogP contribution in [0.3, 0.4) is 0 Å². The van der Waals surface area contributed by atoms with Crippen LogP contribution in [0, 0.1) is 0 Å². The van der Waals surface area contributed by atoms with Gasteiger partial charge in [0.1, 0.15) is 5.25 Å². The molecule has 1 aromatic rings. The lowest BCUT2D eigenvalue weighted by Crippen LogP contribution is -2.26. The van der Waals surface area contributed by atoms with Crippen molar-refractivity contribution in [2.75, 3.05) is 13.7 Å². The zero-order chi connectivity index (χ0) is 20.4. The molecule has 1 saturated heterocycles. The Morgan fingerprint density at radius 3 is 2.86 bits per heavy atom. The molecule has 1 amide bonds. The van der Waals surface area contributed by atoms with Gasteiger partial charge in [0.15, 0.2) is 16.7 Å². The number of carboxylic acids is 1. The molecule has 0 bridgehead atoms. The van der Waals surface area contributed by atoms with Crippen LogP contribution in [0.15, 0.2) is 28.4 Å². The number of thioether (sulfide) groups is 1. The third-order valence-corrected chi connectivity index (χ3v) is 5.01. The number of carboxylic acid groups (broad SMARTS) is 1. The summed E-state index contributed by atoms with van der Waals surface area (Å²) in [4.78, 5) is 22.4. The summed E-state index contributed by atoms with van der Waals surface area (Å²) in [6, 6.07) is 5.45. The highest BCUT2D eigenvalue weighted by molar-refractivity contribution is 8.15. The Kier molecular flexibility index (Phi) is 8.80. The van der Waals surface area contributed by atoms with Gasteiger partial charge in [0.05, 0.1) is 26.4 Å². The van der Waals surface area contributed by atoms with E-state index in [0.717, 1.165) is 30.2 Å². The van der Waals surface area contributed by atoms with E-state index < -0.39 is 11.2 Å². The molecule has 8 nitrogen and oxygen atoms in total. The first kappa shape index (κ1) is 21.7. The Morgan fingerprint density at radius 2 is 2.14 bits per heavy atom. The molecule has 1 unspecified atom stereocenters. The molecule has 9 heteroatoms. The molecule has 1 fully saturated rings. The maximum absolute atomic E-state index is 11.7. The van der Waals surface area contributed by atoms with Crippen LogP contribution in [0.4, 0.5) is 0 Å². The van der Waals surface area contributed by atoms with Crippen LogP contribution in [0.2, 0.25) is 0 Å². The van der Waals surface area contributed by atoms with Crippen molar-refractivity contribution in [3.63, 3.8) is 0 Å². The summed E-state index contributed by atoms with van der Waals surface area (Å²) in [7, 11) is 1.58. The largest absolute Gasteiger partial charge is 0.493 e. The van der Waals surface area contributed by atoms with E-state index in [0.29, 0.717) is 18.1 Å². The van der Waals surface area contributed by atoms with E-state index in [2.05, 4.69) is 22.4 Å². The summed E-state index contributed by atoms with van der Waals surface area (Å²) in [5.74, 6) is -0.115. The van der Waals surface area contributed by atoms with Crippen molar-refractivity contribution in [3.05, 3.63) is 23.8 Å². The molecule has 1 atom stereocenters. The van der Waals surface area contributed by atoms with Crippen molar-refractivity contribution in [1.82, 2.24) is 5.32 Å². The molecule has 1 aromatic carbocycles. The van der Waals surface area contributed by atoms with Gasteiger partial charge in [-0.3, -0.25) is 9.59 Å². The number of methoxy groups -OCH3 is 1. The number of aliphatic carboxylic acids is 1. The number of rotatable bonds is 11. The summed E-state index contributed by atoms with van der Waals surface area (Å²) in [5.41, 5.74) is 0.760. The van der Waals surface area contributed by atoms with E-state index in [9.17, 15) is 9.59 Å². The quantitative estimate of drug-likeness (QED) is 0.331. The van der Waals surface area contributed by atoms with Crippen LogP contribution in [0.25, 0.3) is 0 Å². The number of amides is 1. The van der Waals surface area contributed by atoms with E-state index in [4.69, 9.17) is 14.6 Å². The summed E-state index contributed by atoms with van der Waals surface area (Å²) < 4.78 is 11.1. The van der Waals surface area contributed by atoms with Crippen molar-refractivity contribution in [1.29, 1.82) is 0 Å². The van der Waals surface area contributed by atoms with Gasteiger partial charge in [0, 0.05) is 0 Å². The molecule has 1 aliphatic heterocycles. The van der Waals surface area contributed by atoms with Crippen LogP contribution < -0.4 is 14.8 Å². The fourth-order valence-electron chi connectivity index (χ4n) is 2.49. The number of nitrogens with one attached hydrogen (secondary N) is 1. The van der Waals surface area contributed by atoms with Gasteiger partial charge >= 0.3 is 5.97 Å². The molecule has 2 N–H and O–H groups in total. The third-order valence-electron chi connectivity index (χ3n) is 3.93. The number of unbranched alkanes of at least 4 members (excludes halogenated alkanes) is 3. The highest BCUT2D eigenvalue weighted by Crippen LogP contribution is 2.28. The van der Waals surface area contributed by atoms with Crippen LogP contribution in [-0.2, 0) is 9.59 Å². The Morgan fingerprint density at radius 1 is 1.32 bits per heavy atom. The normalized spacial score (nSPS) is 17.9. The zero-order valence-corrected chi connectivity index (χ0v) is 16.8. The molecule has 28 heavy (non-hydrogen) atoms. The van der Waals surface area contributed by atoms with Crippen LogP contribution in [-0.4, -0.2) is 47.3 Å². The fraction of sp³-hybridized carbons (Fsp3) is 0.474. The van der Waals surface area contributed by atoms with Gasteiger partial charge in [-0.1, -0.05) is 37.9 Å². The van der Waals surface area contributed by atoms with Gasteiger partial charge in [-0.25, -0.2) is 0 Å². The lowest BCUT2D eigenvalue weighted by Gasteiger charge is -2.11. The molecule has 1 aliphatic rings. The summed E-state index contributed by atoms with van der Waals surface area (Å²) in [6.07, 6.45) is 5.81. The number of nitrogens with zero attached hydrogens (tertiary/aromatic N) is 2. The minimum absolute atomic E-state index is 0.254. The topological polar surface area (TPSA) is 110 Å².